The molecule has 26 heavy (non-hydrogen) atoms. The molecule has 2 aromatic carbocycles. The summed E-state index contributed by atoms with van der Waals surface area (Å²) in [6.45, 7) is 0.894. The van der Waals surface area contributed by atoms with Gasteiger partial charge in [0.25, 0.3) is 0 Å². The van der Waals surface area contributed by atoms with E-state index in [1.807, 2.05) is 44.2 Å². The molecule has 7 heteroatoms. The number of ether oxygens (including phenoxy) is 2. The first kappa shape index (κ1) is 19.5. The van der Waals surface area contributed by atoms with Crippen molar-refractivity contribution in [1.82, 2.24) is 5.32 Å². The number of halogens is 2. The molecule has 0 aliphatic rings. The molecule has 140 valence electrons. The van der Waals surface area contributed by atoms with Gasteiger partial charge in [-0.1, -0.05) is 37.3 Å². The molecule has 0 heterocycles. The minimum Gasteiger partial charge on any atom is -0.493 e. The van der Waals surface area contributed by atoms with Gasteiger partial charge in [-0.2, -0.15) is 8.78 Å². The molecule has 0 saturated heterocycles. The first-order valence-corrected chi connectivity index (χ1v) is 8.15. The third-order valence-electron chi connectivity index (χ3n) is 4.15. The fraction of sp³-hybridized carbons (Fsp3) is 0.316. The van der Waals surface area contributed by atoms with E-state index in [-0.39, 0.29) is 11.5 Å². The number of methoxy groups -OCH3 is 1. The highest BCUT2D eigenvalue weighted by molar-refractivity contribution is 5.90. The van der Waals surface area contributed by atoms with Gasteiger partial charge in [0, 0.05) is 11.8 Å². The van der Waals surface area contributed by atoms with Crippen molar-refractivity contribution in [2.75, 3.05) is 12.4 Å². The lowest BCUT2D eigenvalue weighted by Gasteiger charge is -2.30. The van der Waals surface area contributed by atoms with Gasteiger partial charge in [0.1, 0.15) is 0 Å². The van der Waals surface area contributed by atoms with E-state index in [4.69, 9.17) is 4.74 Å². The second kappa shape index (κ2) is 8.51. The number of alkyl halides is 2. The van der Waals surface area contributed by atoms with Crippen molar-refractivity contribution in [3.63, 3.8) is 0 Å². The van der Waals surface area contributed by atoms with Crippen molar-refractivity contribution in [1.29, 1.82) is 0 Å². The van der Waals surface area contributed by atoms with Crippen molar-refractivity contribution in [2.24, 2.45) is 0 Å². The first-order valence-electron chi connectivity index (χ1n) is 8.15. The maximum Gasteiger partial charge on any atom is 0.387 e. The number of anilines is 1. The summed E-state index contributed by atoms with van der Waals surface area (Å²) < 4.78 is 34.4. The third kappa shape index (κ3) is 4.84. The highest BCUT2D eigenvalue weighted by Crippen LogP contribution is 2.31. The van der Waals surface area contributed by atoms with Gasteiger partial charge >= 0.3 is 12.6 Å². The zero-order valence-electron chi connectivity index (χ0n) is 14.9. The van der Waals surface area contributed by atoms with Crippen LogP contribution in [-0.2, 0) is 5.54 Å². The molecule has 1 unspecified atom stereocenters. The molecule has 0 fully saturated rings. The first-order chi connectivity index (χ1) is 12.4. The standard InChI is InChI=1S/C19H22F2N2O3/c1-4-19(2,13-8-6-5-7-9-13)23-18(24)22-14-10-11-15(25-3)16(12-14)26-17(20)21/h5-12,17H,4H2,1-3H3,(H2,22,23,24). The minimum absolute atomic E-state index is 0.151. The fourth-order valence-electron chi connectivity index (χ4n) is 2.53. The fourth-order valence-corrected chi connectivity index (χ4v) is 2.53. The van der Waals surface area contributed by atoms with E-state index in [9.17, 15) is 13.6 Å². The lowest BCUT2D eigenvalue weighted by Crippen LogP contribution is -2.45. The van der Waals surface area contributed by atoms with Crippen LogP contribution in [0.5, 0.6) is 11.5 Å². The normalized spacial score (nSPS) is 13.0. The molecule has 2 N–H and O–H groups in total. The van der Waals surface area contributed by atoms with E-state index >= 15 is 0 Å². The van der Waals surface area contributed by atoms with Gasteiger partial charge in [-0.25, -0.2) is 4.79 Å². The van der Waals surface area contributed by atoms with Crippen molar-refractivity contribution in [3.05, 3.63) is 54.1 Å². The SMILES string of the molecule is CCC(C)(NC(=O)Nc1ccc(OC)c(OC(F)F)c1)c1ccccc1. The lowest BCUT2D eigenvalue weighted by molar-refractivity contribution is -0.0511. The molecule has 0 aliphatic heterocycles. The largest absolute Gasteiger partial charge is 0.493 e. The molecule has 0 saturated carbocycles. The van der Waals surface area contributed by atoms with Gasteiger partial charge in [-0.3, -0.25) is 0 Å². The van der Waals surface area contributed by atoms with Gasteiger partial charge in [0.2, 0.25) is 0 Å². The number of carbonyl (C=O) groups excluding carboxylic acids is 1. The van der Waals surface area contributed by atoms with Crippen LogP contribution in [-0.4, -0.2) is 19.8 Å². The predicted molar refractivity (Wildman–Crippen MR) is 95.9 cm³/mol. The number of amides is 2. The second-order valence-electron chi connectivity index (χ2n) is 5.87. The van der Waals surface area contributed by atoms with Crippen molar-refractivity contribution in [2.45, 2.75) is 32.4 Å². The maximum atomic E-state index is 12.5. The van der Waals surface area contributed by atoms with Crippen LogP contribution >= 0.6 is 0 Å². The third-order valence-corrected chi connectivity index (χ3v) is 4.15. The average molecular weight is 364 g/mol. The van der Waals surface area contributed by atoms with Gasteiger partial charge in [-0.05, 0) is 31.0 Å². The summed E-state index contributed by atoms with van der Waals surface area (Å²) in [5, 5.41) is 5.56. The van der Waals surface area contributed by atoms with E-state index in [2.05, 4.69) is 15.4 Å². The number of hydrogen-bond donors (Lipinski definition) is 2. The van der Waals surface area contributed by atoms with Crippen molar-refractivity contribution < 1.29 is 23.0 Å². The van der Waals surface area contributed by atoms with Crippen LogP contribution in [0, 0.1) is 0 Å². The summed E-state index contributed by atoms with van der Waals surface area (Å²) in [5.41, 5.74) is 0.708. The topological polar surface area (TPSA) is 59.6 Å². The Bertz CT molecular complexity index is 741. The van der Waals surface area contributed by atoms with Crippen LogP contribution in [0.2, 0.25) is 0 Å². The summed E-state index contributed by atoms with van der Waals surface area (Å²) in [7, 11) is 1.35. The Morgan fingerprint density at radius 1 is 1.15 bits per heavy atom. The molecule has 2 aromatic rings. The van der Waals surface area contributed by atoms with E-state index < -0.39 is 18.2 Å². The van der Waals surface area contributed by atoms with Crippen molar-refractivity contribution in [3.8, 4) is 11.5 Å². The zero-order valence-corrected chi connectivity index (χ0v) is 14.9. The smallest absolute Gasteiger partial charge is 0.387 e. The van der Waals surface area contributed by atoms with Gasteiger partial charge in [0.15, 0.2) is 11.5 Å². The number of rotatable bonds is 7. The minimum atomic E-state index is -2.99. The van der Waals surface area contributed by atoms with E-state index in [1.54, 1.807) is 6.07 Å². The van der Waals surface area contributed by atoms with Gasteiger partial charge in [0.05, 0.1) is 12.6 Å². The van der Waals surface area contributed by atoms with Crippen LogP contribution in [0.4, 0.5) is 19.3 Å². The summed E-state index contributed by atoms with van der Waals surface area (Å²) in [6.07, 6.45) is 0.673. The van der Waals surface area contributed by atoms with Crippen LogP contribution in [0.1, 0.15) is 25.8 Å². The highest BCUT2D eigenvalue weighted by Gasteiger charge is 2.26. The van der Waals surface area contributed by atoms with E-state index in [0.717, 1.165) is 5.56 Å². The molecular weight excluding hydrogens is 342 g/mol. The zero-order chi connectivity index (χ0) is 19.2. The second-order valence-corrected chi connectivity index (χ2v) is 5.87. The highest BCUT2D eigenvalue weighted by atomic mass is 19.3. The Balaban J connectivity index is 2.14. The average Bonchev–Trinajstić information content (AvgIpc) is 2.62. The quantitative estimate of drug-likeness (QED) is 0.746. The Morgan fingerprint density at radius 3 is 2.42 bits per heavy atom. The molecule has 0 aliphatic carbocycles. The Morgan fingerprint density at radius 2 is 1.85 bits per heavy atom. The number of benzene rings is 2. The molecule has 2 rings (SSSR count). The molecule has 1 atom stereocenters. The van der Waals surface area contributed by atoms with E-state index in [1.165, 1.54) is 19.2 Å². The molecule has 0 spiro atoms. The molecule has 5 nitrogen and oxygen atoms in total. The van der Waals surface area contributed by atoms with Crippen LogP contribution in [0.3, 0.4) is 0 Å². The molecular formula is C19H22F2N2O3. The van der Waals surface area contributed by atoms with Crippen LogP contribution < -0.4 is 20.1 Å². The molecule has 0 aromatic heterocycles. The van der Waals surface area contributed by atoms with Gasteiger partial charge in [-0.15, -0.1) is 0 Å². The molecule has 0 bridgehead atoms. The number of urea groups is 1. The Hall–Kier alpha value is -2.83. The number of nitrogens with one attached hydrogen (secondary N) is 2. The summed E-state index contributed by atoms with van der Waals surface area (Å²) >= 11 is 0. The lowest BCUT2D eigenvalue weighted by atomic mass is 9.89. The molecule has 2 amide bonds. The predicted octanol–water partition coefficient (Wildman–Crippen LogP) is 4.74. The van der Waals surface area contributed by atoms with Gasteiger partial charge < -0.3 is 20.1 Å². The van der Waals surface area contributed by atoms with E-state index in [0.29, 0.717) is 12.1 Å². The Kier molecular flexibility index (Phi) is 6.38. The Labute approximate surface area is 151 Å². The van der Waals surface area contributed by atoms with Crippen LogP contribution in [0.25, 0.3) is 0 Å². The molecule has 0 radical (unpaired) electrons. The van der Waals surface area contributed by atoms with Crippen molar-refractivity contribution >= 4 is 11.7 Å². The maximum absolute atomic E-state index is 12.5. The summed E-state index contributed by atoms with van der Waals surface area (Å²) in [4.78, 5) is 12.4. The number of hydrogen-bond acceptors (Lipinski definition) is 3. The summed E-state index contributed by atoms with van der Waals surface area (Å²) in [6, 6.07) is 13.4. The monoisotopic (exact) mass is 364 g/mol. The summed E-state index contributed by atoms with van der Waals surface area (Å²) in [5.74, 6) is 0.000512. The van der Waals surface area contributed by atoms with Crippen LogP contribution in [0.15, 0.2) is 48.5 Å². The number of carbonyl (C=O) groups is 1.